The van der Waals surface area contributed by atoms with Crippen molar-refractivity contribution in [1.82, 2.24) is 9.73 Å². The molecular formula is C17H20N4O7S. The number of nitrogens with zero attached hydrogens (tertiary/aromatic N) is 2. The van der Waals surface area contributed by atoms with E-state index in [2.05, 4.69) is 15.8 Å². The van der Waals surface area contributed by atoms with Crippen LogP contribution in [-0.2, 0) is 33.9 Å². The van der Waals surface area contributed by atoms with Crippen LogP contribution in [0.25, 0.3) is 0 Å². The van der Waals surface area contributed by atoms with Crippen LogP contribution in [0.4, 0.5) is 5.69 Å². The maximum Gasteiger partial charge on any atom is 0.355 e. The SMILES string of the molecule is O=C1CCC(C(=O)OCC(=O)Nc2cccc(S(=O)(=O)N3CCOCC3)c2)=NN1. The van der Waals surface area contributed by atoms with Crippen molar-refractivity contribution in [2.45, 2.75) is 17.7 Å². The van der Waals surface area contributed by atoms with E-state index in [0.29, 0.717) is 13.2 Å². The fourth-order valence-electron chi connectivity index (χ4n) is 2.70. The summed E-state index contributed by atoms with van der Waals surface area (Å²) in [6.45, 7) is 0.608. The number of anilines is 1. The first-order chi connectivity index (χ1) is 13.9. The predicted octanol–water partition coefficient (Wildman–Crippen LogP) is -0.545. The number of rotatable bonds is 6. The van der Waals surface area contributed by atoms with Gasteiger partial charge in [-0.3, -0.25) is 9.59 Å². The summed E-state index contributed by atoms with van der Waals surface area (Å²) in [6, 6.07) is 5.81. The van der Waals surface area contributed by atoms with Crippen molar-refractivity contribution in [3.05, 3.63) is 24.3 Å². The molecule has 2 aliphatic heterocycles. The first-order valence-corrected chi connectivity index (χ1v) is 10.3. The lowest BCUT2D eigenvalue weighted by Gasteiger charge is -2.26. The van der Waals surface area contributed by atoms with Gasteiger partial charge in [0.1, 0.15) is 5.71 Å². The second kappa shape index (κ2) is 9.11. The fourth-order valence-corrected chi connectivity index (χ4v) is 4.16. The molecule has 0 aromatic heterocycles. The quantitative estimate of drug-likeness (QED) is 0.584. The van der Waals surface area contributed by atoms with Gasteiger partial charge < -0.3 is 14.8 Å². The van der Waals surface area contributed by atoms with Crippen LogP contribution in [0.3, 0.4) is 0 Å². The number of amides is 2. The number of carbonyl (C=O) groups excluding carboxylic acids is 3. The molecule has 0 bridgehead atoms. The minimum Gasteiger partial charge on any atom is -0.451 e. The van der Waals surface area contributed by atoms with E-state index in [1.54, 1.807) is 0 Å². The number of benzene rings is 1. The molecule has 0 saturated carbocycles. The van der Waals surface area contributed by atoms with Gasteiger partial charge in [-0.15, -0.1) is 0 Å². The summed E-state index contributed by atoms with van der Waals surface area (Å²) >= 11 is 0. The highest BCUT2D eigenvalue weighted by Crippen LogP contribution is 2.20. The largest absolute Gasteiger partial charge is 0.451 e. The lowest BCUT2D eigenvalue weighted by Crippen LogP contribution is -2.40. The standard InChI is InChI=1S/C17H20N4O7S/c22-15-5-4-14(19-20-15)17(24)28-11-16(23)18-12-2-1-3-13(10-12)29(25,26)21-6-8-27-9-7-21/h1-3,10H,4-9,11H2,(H,18,23)(H,20,22). The van der Waals surface area contributed by atoms with E-state index < -0.39 is 28.5 Å². The number of morpholine rings is 1. The number of esters is 1. The normalized spacial score (nSPS) is 17.8. The molecule has 0 aliphatic carbocycles. The molecule has 0 radical (unpaired) electrons. The zero-order valence-corrected chi connectivity index (χ0v) is 16.2. The Morgan fingerprint density at radius 2 is 2.00 bits per heavy atom. The summed E-state index contributed by atoms with van der Waals surface area (Å²) in [5, 5.41) is 6.08. The van der Waals surface area contributed by atoms with Crippen molar-refractivity contribution < 1.29 is 32.3 Å². The second-order valence-corrected chi connectivity index (χ2v) is 8.20. The number of hydrogen-bond acceptors (Lipinski definition) is 8. The summed E-state index contributed by atoms with van der Waals surface area (Å²) in [4.78, 5) is 34.9. The number of hydrogen-bond donors (Lipinski definition) is 2. The molecule has 2 N–H and O–H groups in total. The number of sulfonamides is 1. The van der Waals surface area contributed by atoms with Crippen LogP contribution in [0.15, 0.2) is 34.3 Å². The van der Waals surface area contributed by atoms with Crippen LogP contribution < -0.4 is 10.7 Å². The molecule has 156 valence electrons. The highest BCUT2D eigenvalue weighted by Gasteiger charge is 2.26. The molecule has 0 unspecified atom stereocenters. The van der Waals surface area contributed by atoms with Crippen molar-refractivity contribution in [3.63, 3.8) is 0 Å². The summed E-state index contributed by atoms with van der Waals surface area (Å²) < 4.78 is 36.7. The van der Waals surface area contributed by atoms with Gasteiger partial charge in [0.05, 0.1) is 18.1 Å². The number of nitrogens with one attached hydrogen (secondary N) is 2. The first-order valence-electron chi connectivity index (χ1n) is 8.86. The van der Waals surface area contributed by atoms with Gasteiger partial charge in [-0.05, 0) is 18.2 Å². The van der Waals surface area contributed by atoms with E-state index in [1.165, 1.54) is 28.6 Å². The maximum absolute atomic E-state index is 12.7. The van der Waals surface area contributed by atoms with Gasteiger partial charge in [0.2, 0.25) is 15.9 Å². The molecule has 0 spiro atoms. The Balaban J connectivity index is 1.57. The molecule has 2 amide bonds. The molecule has 12 heteroatoms. The Kier molecular flexibility index (Phi) is 6.56. The van der Waals surface area contributed by atoms with Crippen molar-refractivity contribution in [1.29, 1.82) is 0 Å². The van der Waals surface area contributed by atoms with Crippen LogP contribution in [0.2, 0.25) is 0 Å². The number of ether oxygens (including phenoxy) is 2. The third kappa shape index (κ3) is 5.37. The summed E-state index contributed by atoms with van der Waals surface area (Å²) in [5.74, 6) is -1.74. The molecule has 3 rings (SSSR count). The summed E-state index contributed by atoms with van der Waals surface area (Å²) in [6.07, 6.45) is 0.248. The molecule has 11 nitrogen and oxygen atoms in total. The van der Waals surface area contributed by atoms with Gasteiger partial charge in [-0.25, -0.2) is 18.6 Å². The Morgan fingerprint density at radius 1 is 1.24 bits per heavy atom. The van der Waals surface area contributed by atoms with Crippen LogP contribution in [0.5, 0.6) is 0 Å². The molecule has 1 aromatic rings. The van der Waals surface area contributed by atoms with Crippen LogP contribution >= 0.6 is 0 Å². The molecule has 29 heavy (non-hydrogen) atoms. The predicted molar refractivity (Wildman–Crippen MR) is 100 cm³/mol. The third-order valence-corrected chi connectivity index (χ3v) is 6.09. The van der Waals surface area contributed by atoms with Crippen molar-refractivity contribution in [3.8, 4) is 0 Å². The zero-order valence-electron chi connectivity index (χ0n) is 15.4. The van der Waals surface area contributed by atoms with Crippen LogP contribution in [-0.4, -0.2) is 69.1 Å². The van der Waals surface area contributed by atoms with Gasteiger partial charge in [-0.2, -0.15) is 9.41 Å². The molecular weight excluding hydrogens is 404 g/mol. The molecule has 2 aliphatic rings. The summed E-state index contributed by atoms with van der Waals surface area (Å²) in [7, 11) is -3.70. The number of carbonyl (C=O) groups is 3. The smallest absolute Gasteiger partial charge is 0.355 e. The van der Waals surface area contributed by atoms with E-state index in [0.717, 1.165) is 0 Å². The molecule has 1 aromatic carbocycles. The van der Waals surface area contributed by atoms with E-state index in [9.17, 15) is 22.8 Å². The van der Waals surface area contributed by atoms with Crippen LogP contribution in [0.1, 0.15) is 12.8 Å². The van der Waals surface area contributed by atoms with E-state index in [-0.39, 0.29) is 48.1 Å². The fraction of sp³-hybridized carbons (Fsp3) is 0.412. The van der Waals surface area contributed by atoms with Crippen LogP contribution in [0, 0.1) is 0 Å². The van der Waals surface area contributed by atoms with Gasteiger partial charge in [-0.1, -0.05) is 6.07 Å². The Morgan fingerprint density at radius 3 is 2.69 bits per heavy atom. The first kappa shape index (κ1) is 20.9. The maximum atomic E-state index is 12.7. The molecule has 1 saturated heterocycles. The topological polar surface area (TPSA) is 143 Å². The van der Waals surface area contributed by atoms with Gasteiger partial charge in [0.15, 0.2) is 6.61 Å². The Labute approximate surface area is 167 Å². The van der Waals surface area contributed by atoms with E-state index in [4.69, 9.17) is 9.47 Å². The molecule has 1 fully saturated rings. The lowest BCUT2D eigenvalue weighted by atomic mass is 10.2. The third-order valence-electron chi connectivity index (χ3n) is 4.20. The minimum absolute atomic E-state index is 0.0241. The van der Waals surface area contributed by atoms with Crippen molar-refractivity contribution >= 4 is 39.2 Å². The Bertz CT molecular complexity index is 939. The highest BCUT2D eigenvalue weighted by atomic mass is 32.2. The average molecular weight is 424 g/mol. The second-order valence-electron chi connectivity index (χ2n) is 6.26. The minimum atomic E-state index is -3.70. The van der Waals surface area contributed by atoms with Gasteiger partial charge in [0, 0.05) is 31.6 Å². The molecule has 2 heterocycles. The van der Waals surface area contributed by atoms with E-state index in [1.807, 2.05) is 0 Å². The zero-order chi connectivity index (χ0) is 20.9. The Hall–Kier alpha value is -2.83. The van der Waals surface area contributed by atoms with Crippen molar-refractivity contribution in [2.75, 3.05) is 38.2 Å². The summed E-state index contributed by atoms with van der Waals surface area (Å²) in [5.41, 5.74) is 2.44. The molecule has 0 atom stereocenters. The number of hydrazone groups is 1. The monoisotopic (exact) mass is 424 g/mol. The lowest BCUT2D eigenvalue weighted by molar-refractivity contribution is -0.140. The highest BCUT2D eigenvalue weighted by molar-refractivity contribution is 7.89. The average Bonchev–Trinajstić information content (AvgIpc) is 2.73. The van der Waals surface area contributed by atoms with E-state index >= 15 is 0 Å². The van der Waals surface area contributed by atoms with Gasteiger partial charge >= 0.3 is 5.97 Å². The van der Waals surface area contributed by atoms with Crippen molar-refractivity contribution in [2.24, 2.45) is 5.10 Å². The van der Waals surface area contributed by atoms with Gasteiger partial charge in [0.25, 0.3) is 5.91 Å².